The molecule has 3 aromatic carbocycles. The summed E-state index contributed by atoms with van der Waals surface area (Å²) in [6.07, 6.45) is 15.7. The van der Waals surface area contributed by atoms with Crippen LogP contribution >= 0.6 is 0 Å². The van der Waals surface area contributed by atoms with Gasteiger partial charge in [-0.15, -0.1) is 0 Å². The van der Waals surface area contributed by atoms with Gasteiger partial charge in [0.15, 0.2) is 0 Å². The van der Waals surface area contributed by atoms with Crippen LogP contribution in [0.5, 0.6) is 0 Å². The Balaban J connectivity index is 0.965. The Morgan fingerprint density at radius 2 is 1.54 bits per heavy atom. The Hall–Kier alpha value is -5.48. The van der Waals surface area contributed by atoms with Crippen molar-refractivity contribution in [1.82, 2.24) is 35.5 Å². The number of ether oxygens (including phenoxy) is 1. The third-order valence-corrected chi connectivity index (χ3v) is 10.3. The first-order valence-electron chi connectivity index (χ1n) is 17.5. The van der Waals surface area contributed by atoms with Crippen LogP contribution in [0.25, 0.3) is 44.4 Å². The Morgan fingerprint density at radius 1 is 0.840 bits per heavy atom. The van der Waals surface area contributed by atoms with Crippen LogP contribution in [0.4, 0.5) is 4.79 Å². The summed E-state index contributed by atoms with van der Waals surface area (Å²) in [6, 6.07) is 21.0. The summed E-state index contributed by atoms with van der Waals surface area (Å²) in [5, 5.41) is 8.66. The normalized spacial score (nSPS) is 20.7. The zero-order valence-electron chi connectivity index (χ0n) is 28.1. The van der Waals surface area contributed by atoms with Gasteiger partial charge in [-0.3, -0.25) is 4.79 Å². The molecule has 0 radical (unpaired) electrons. The molecule has 0 saturated carbocycles. The molecule has 2 aliphatic heterocycles. The van der Waals surface area contributed by atoms with Gasteiger partial charge in [0.05, 0.1) is 43.0 Å². The number of rotatable bonds is 8. The second kappa shape index (κ2) is 13.8. The molecule has 0 spiro atoms. The Kier molecular flexibility index (Phi) is 8.77. The number of aromatic nitrogens is 4. The zero-order valence-corrected chi connectivity index (χ0v) is 28.1. The number of alkyl carbamates (subject to hydrolysis) is 1. The molecule has 2 amide bonds. The van der Waals surface area contributed by atoms with Gasteiger partial charge in [0.1, 0.15) is 17.7 Å². The predicted molar refractivity (Wildman–Crippen MR) is 194 cm³/mol. The van der Waals surface area contributed by atoms with Crippen LogP contribution in [-0.2, 0) is 9.53 Å². The molecule has 50 heavy (non-hydrogen) atoms. The maximum absolute atomic E-state index is 13.9. The van der Waals surface area contributed by atoms with Crippen LogP contribution in [0, 0.1) is 5.92 Å². The van der Waals surface area contributed by atoms with Crippen molar-refractivity contribution in [3.63, 3.8) is 0 Å². The van der Waals surface area contributed by atoms with Crippen LogP contribution in [0.2, 0.25) is 0 Å². The van der Waals surface area contributed by atoms with E-state index in [4.69, 9.17) is 9.72 Å². The number of H-pyrrole nitrogens is 2. The summed E-state index contributed by atoms with van der Waals surface area (Å²) in [5.74, 6) is 1.50. The molecule has 254 valence electrons. The first-order chi connectivity index (χ1) is 24.5. The van der Waals surface area contributed by atoms with Gasteiger partial charge in [-0.1, -0.05) is 72.8 Å². The molecule has 2 aromatic heterocycles. The second-order valence-electron chi connectivity index (χ2n) is 13.4. The summed E-state index contributed by atoms with van der Waals surface area (Å²) in [7, 11) is 1.31. The number of carbonyl (C=O) groups is 2. The van der Waals surface area contributed by atoms with E-state index in [0.717, 1.165) is 71.1 Å². The number of nitrogens with one attached hydrogen (secondary N) is 4. The Labute approximate surface area is 291 Å². The molecule has 5 aromatic rings. The zero-order chi connectivity index (χ0) is 34.0. The lowest BCUT2D eigenvalue weighted by molar-refractivity contribution is -0.135. The summed E-state index contributed by atoms with van der Waals surface area (Å²) in [6.45, 7) is 1.65. The van der Waals surface area contributed by atoms with Gasteiger partial charge < -0.3 is 30.2 Å². The van der Waals surface area contributed by atoms with Crippen LogP contribution in [0.15, 0.2) is 97.4 Å². The number of amides is 2. The topological polar surface area (TPSA) is 128 Å². The molecule has 4 unspecified atom stereocenters. The third kappa shape index (κ3) is 6.34. The van der Waals surface area contributed by atoms with Gasteiger partial charge in [-0.2, -0.15) is 0 Å². The lowest BCUT2D eigenvalue weighted by Gasteiger charge is -2.31. The van der Waals surface area contributed by atoms with E-state index in [-0.39, 0.29) is 17.9 Å². The standard InChI is InChI=1S/C40H41N7O3/c1-50-40(49)46-36(27-7-3-2-4-8-27)39(48)47-20-6-10-35(47)38-43-23-33(45-38)26-13-11-25(12-14-26)28-15-16-30-22-31(18-17-29(30)21-28)34-24-42-37(44-34)32-9-5-19-41-32/h2-4,7,11-18,21-24,27,32,35-36,41H,5-6,8-10,19-20H2,1H3,(H,42,44)(H,43,45)(H,46,49). The number of hydrogen-bond acceptors (Lipinski definition) is 6. The quantitative estimate of drug-likeness (QED) is 0.138. The molecular weight excluding hydrogens is 626 g/mol. The summed E-state index contributed by atoms with van der Waals surface area (Å²) >= 11 is 0. The molecule has 8 rings (SSSR count). The number of hydrogen-bond donors (Lipinski definition) is 4. The molecule has 3 aliphatic rings. The molecule has 4 N–H and O–H groups in total. The number of allylic oxidation sites excluding steroid dienone is 3. The minimum atomic E-state index is -0.716. The molecular formula is C40H41N7O3. The van der Waals surface area contributed by atoms with Gasteiger partial charge in [-0.05, 0) is 78.2 Å². The van der Waals surface area contributed by atoms with E-state index in [9.17, 15) is 9.59 Å². The highest BCUT2D eigenvalue weighted by Crippen LogP contribution is 2.35. The fraction of sp³-hybridized carbons (Fsp3) is 0.300. The van der Waals surface area contributed by atoms with Crippen molar-refractivity contribution in [2.45, 2.75) is 50.2 Å². The number of benzene rings is 3. The number of carbonyl (C=O) groups excluding carboxylic acids is 2. The SMILES string of the molecule is COC(=O)NC(C(=O)N1CCCC1c1ncc(-c2ccc(-c3ccc4cc(-c5cnc(C6CCCN6)[nH]5)ccc4c3)cc2)[nH]1)C1C=CC=CC1. The van der Waals surface area contributed by atoms with Crippen LogP contribution in [0.3, 0.4) is 0 Å². The van der Waals surface area contributed by atoms with E-state index in [1.165, 1.54) is 24.3 Å². The van der Waals surface area contributed by atoms with Gasteiger partial charge in [-0.25, -0.2) is 14.8 Å². The molecule has 10 heteroatoms. The molecule has 1 aliphatic carbocycles. The lowest BCUT2D eigenvalue weighted by Crippen LogP contribution is -2.52. The average Bonchev–Trinajstić information content (AvgIpc) is 4.01. The molecule has 4 heterocycles. The Morgan fingerprint density at radius 3 is 2.28 bits per heavy atom. The summed E-state index contributed by atoms with van der Waals surface area (Å²) in [4.78, 5) is 44.3. The van der Waals surface area contributed by atoms with E-state index in [1.807, 2.05) is 41.6 Å². The van der Waals surface area contributed by atoms with Crippen LogP contribution in [-0.4, -0.2) is 63.1 Å². The molecule has 10 nitrogen and oxygen atoms in total. The van der Waals surface area contributed by atoms with Crippen molar-refractivity contribution in [1.29, 1.82) is 0 Å². The van der Waals surface area contributed by atoms with E-state index in [1.54, 1.807) is 0 Å². The average molecular weight is 668 g/mol. The smallest absolute Gasteiger partial charge is 0.407 e. The van der Waals surface area contributed by atoms with Crippen molar-refractivity contribution in [3.05, 3.63) is 109 Å². The molecule has 4 atom stereocenters. The predicted octanol–water partition coefficient (Wildman–Crippen LogP) is 7.23. The van der Waals surface area contributed by atoms with E-state index in [2.05, 4.69) is 86.2 Å². The highest BCUT2D eigenvalue weighted by molar-refractivity contribution is 5.91. The summed E-state index contributed by atoms with van der Waals surface area (Å²) < 4.78 is 4.85. The van der Waals surface area contributed by atoms with Gasteiger partial charge in [0.25, 0.3) is 0 Å². The maximum atomic E-state index is 13.9. The number of aromatic amines is 2. The Bertz CT molecular complexity index is 2070. The molecule has 0 bridgehead atoms. The van der Waals surface area contributed by atoms with Crippen molar-refractivity contribution in [2.24, 2.45) is 5.92 Å². The van der Waals surface area contributed by atoms with Crippen molar-refractivity contribution in [2.75, 3.05) is 20.2 Å². The highest BCUT2D eigenvalue weighted by atomic mass is 16.5. The van der Waals surface area contributed by atoms with E-state index < -0.39 is 12.1 Å². The van der Waals surface area contributed by atoms with Gasteiger partial charge in [0.2, 0.25) is 5.91 Å². The van der Waals surface area contributed by atoms with Crippen LogP contribution < -0.4 is 10.6 Å². The van der Waals surface area contributed by atoms with Gasteiger partial charge >= 0.3 is 6.09 Å². The number of fused-ring (bicyclic) bond motifs is 1. The number of likely N-dealkylation sites (tertiary alicyclic amines) is 1. The minimum absolute atomic E-state index is 0.121. The monoisotopic (exact) mass is 667 g/mol. The number of nitrogens with zero attached hydrogens (tertiary/aromatic N) is 3. The lowest BCUT2D eigenvalue weighted by atomic mass is 9.91. The molecule has 2 saturated heterocycles. The van der Waals surface area contributed by atoms with Crippen LogP contribution in [0.1, 0.15) is 55.8 Å². The largest absolute Gasteiger partial charge is 0.453 e. The van der Waals surface area contributed by atoms with Gasteiger partial charge in [0, 0.05) is 18.0 Å². The van der Waals surface area contributed by atoms with E-state index >= 15 is 0 Å². The second-order valence-corrected chi connectivity index (χ2v) is 13.4. The van der Waals surface area contributed by atoms with Crippen molar-refractivity contribution < 1.29 is 14.3 Å². The number of imidazole rings is 2. The summed E-state index contributed by atoms with van der Waals surface area (Å²) in [5.41, 5.74) is 6.37. The first kappa shape index (κ1) is 31.8. The van der Waals surface area contributed by atoms with Crippen molar-refractivity contribution in [3.8, 4) is 33.6 Å². The van der Waals surface area contributed by atoms with Crippen molar-refractivity contribution >= 4 is 22.8 Å². The fourth-order valence-corrected chi connectivity index (χ4v) is 7.54. The maximum Gasteiger partial charge on any atom is 0.407 e. The minimum Gasteiger partial charge on any atom is -0.453 e. The first-order valence-corrected chi connectivity index (χ1v) is 17.5. The third-order valence-electron chi connectivity index (χ3n) is 10.3. The fourth-order valence-electron chi connectivity index (χ4n) is 7.54. The van der Waals surface area contributed by atoms with E-state index in [0.29, 0.717) is 19.0 Å². The highest BCUT2D eigenvalue weighted by Gasteiger charge is 2.39. The number of methoxy groups -OCH3 is 1. The molecule has 2 fully saturated rings.